The lowest BCUT2D eigenvalue weighted by molar-refractivity contribution is -0.121. The number of hydrogen-bond donors (Lipinski definition) is 10. The number of thioether (sulfide) groups is 1. The molecule has 0 bridgehead atoms. The Balaban J connectivity index is 1.70. The van der Waals surface area contributed by atoms with Crippen LogP contribution in [0.4, 0.5) is 0 Å². The molecule has 1 aromatic rings. The van der Waals surface area contributed by atoms with Crippen LogP contribution in [0.3, 0.4) is 0 Å². The number of H-pyrrole nitrogens is 1. The highest BCUT2D eigenvalue weighted by atomic mass is 33.1. The van der Waals surface area contributed by atoms with E-state index >= 15 is 0 Å². The summed E-state index contributed by atoms with van der Waals surface area (Å²) in [5, 5.41) is 36.3. The maximum absolute atomic E-state index is 12.5. The van der Waals surface area contributed by atoms with Crippen LogP contribution in [0.25, 0.3) is 6.08 Å². The molecule has 0 radical (unpaired) electrons. The minimum atomic E-state index is -5.77. The lowest BCUT2D eigenvalue weighted by Crippen LogP contribution is -2.33. The summed E-state index contributed by atoms with van der Waals surface area (Å²) in [6.07, 6.45) is 1.85. The van der Waals surface area contributed by atoms with Crippen molar-refractivity contribution in [2.45, 2.75) is 82.5 Å². The first-order valence-electron chi connectivity index (χ1n) is 17.1. The average Bonchev–Trinajstić information content (AvgIpc) is 3.45. The van der Waals surface area contributed by atoms with Crippen LogP contribution >= 0.6 is 56.8 Å². The molecule has 1 fully saturated rings. The summed E-state index contributed by atoms with van der Waals surface area (Å²) in [6, 6.07) is 0. The number of nitrogens with one attached hydrogen (secondary N) is 3. The molecular weight excluding hydrogens is 869 g/mol. The van der Waals surface area contributed by atoms with Gasteiger partial charge in [0.15, 0.2) is 0 Å². The summed E-state index contributed by atoms with van der Waals surface area (Å²) in [4.78, 5) is 87.0. The van der Waals surface area contributed by atoms with Gasteiger partial charge in [-0.05, 0) is 25.0 Å². The van der Waals surface area contributed by atoms with Crippen molar-refractivity contribution in [2.75, 3.05) is 42.7 Å². The molecule has 1 aliphatic rings. The van der Waals surface area contributed by atoms with Gasteiger partial charge in [0, 0.05) is 55.8 Å². The summed E-state index contributed by atoms with van der Waals surface area (Å²) >= 11 is 1.51. The number of aromatic nitrogens is 2. The molecule has 2 heterocycles. The second-order valence-electron chi connectivity index (χ2n) is 12.0. The highest BCUT2D eigenvalue weighted by molar-refractivity contribution is 8.76. The molecule has 0 aliphatic carbocycles. The highest BCUT2D eigenvalue weighted by Crippen LogP contribution is 2.66. The lowest BCUT2D eigenvalue weighted by Gasteiger charge is -2.19. The summed E-state index contributed by atoms with van der Waals surface area (Å²) in [5.74, 6) is 1.56. The number of aromatic amines is 1. The predicted octanol–water partition coefficient (Wildman–Crippen LogP) is 0.971. The van der Waals surface area contributed by atoms with Crippen LogP contribution in [0.2, 0.25) is 0 Å². The minimum Gasteiger partial charge on any atom is -0.390 e. The van der Waals surface area contributed by atoms with Crippen molar-refractivity contribution in [3.05, 3.63) is 38.7 Å². The number of rotatable bonds is 28. The van der Waals surface area contributed by atoms with Gasteiger partial charge in [0.05, 0.1) is 30.5 Å². The number of carbonyl (C=O) groups is 2. The maximum Gasteiger partial charge on any atom is 0.490 e. The zero-order chi connectivity index (χ0) is 41.9. The first-order valence-corrected chi connectivity index (χ1v) is 25.2. The Morgan fingerprint density at radius 1 is 0.982 bits per heavy atom. The number of carbonyl (C=O) groups excluding carboxylic acids is 2. The Hall–Kier alpha value is -1.34. The summed E-state index contributed by atoms with van der Waals surface area (Å²) in [6.45, 7) is 1.81. The zero-order valence-electron chi connectivity index (χ0n) is 30.2. The smallest absolute Gasteiger partial charge is 0.390 e. The fraction of sp³-hybridized carbons (Fsp3) is 0.714. The van der Waals surface area contributed by atoms with E-state index in [1.807, 2.05) is 0 Å². The van der Waals surface area contributed by atoms with Gasteiger partial charge < -0.3 is 50.3 Å². The predicted molar refractivity (Wildman–Crippen MR) is 208 cm³/mol. The van der Waals surface area contributed by atoms with Crippen LogP contribution in [0.1, 0.15) is 63.7 Å². The number of unbranched alkanes of at least 4 members (excludes halogenated alkanes) is 2. The Labute approximate surface area is 333 Å². The van der Waals surface area contributed by atoms with Gasteiger partial charge >= 0.3 is 29.2 Å². The van der Waals surface area contributed by atoms with Crippen molar-refractivity contribution >= 4 is 74.7 Å². The molecule has 22 nitrogen and oxygen atoms in total. The van der Waals surface area contributed by atoms with Gasteiger partial charge in [0.25, 0.3) is 5.56 Å². The van der Waals surface area contributed by atoms with Crippen molar-refractivity contribution < 1.29 is 76.1 Å². The third-order valence-electron chi connectivity index (χ3n) is 7.30. The van der Waals surface area contributed by atoms with Crippen LogP contribution in [0, 0.1) is 0 Å². The Morgan fingerprint density at radius 3 is 2.38 bits per heavy atom. The molecule has 10 N–H and O–H groups in total. The number of ether oxygens (including phenoxy) is 1. The minimum absolute atomic E-state index is 0.0191. The largest absolute Gasteiger partial charge is 0.490 e. The van der Waals surface area contributed by atoms with Gasteiger partial charge in [0.2, 0.25) is 11.8 Å². The van der Waals surface area contributed by atoms with E-state index in [0.717, 1.165) is 42.2 Å². The van der Waals surface area contributed by atoms with Gasteiger partial charge in [-0.1, -0.05) is 47.1 Å². The average molecular weight is 919 g/mol. The van der Waals surface area contributed by atoms with E-state index in [4.69, 9.17) is 14.5 Å². The molecule has 0 aromatic carbocycles. The lowest BCUT2D eigenvalue weighted by atomic mass is 10.2. The van der Waals surface area contributed by atoms with Crippen LogP contribution < -0.4 is 21.9 Å². The molecule has 4 unspecified atom stereocenters. The normalized spacial score (nSPS) is 20.7. The van der Waals surface area contributed by atoms with E-state index in [1.165, 1.54) is 45.5 Å². The van der Waals surface area contributed by atoms with Crippen molar-refractivity contribution in [1.82, 2.24) is 20.2 Å². The van der Waals surface area contributed by atoms with Gasteiger partial charge in [0.1, 0.15) is 12.3 Å². The standard InChI is InChI=1S/C28H49N4O18P3S3/c1-2-3-10-29-24(36)8-4-5-12-54-17-21(34)22(35)18-56-55-13-9-25(37)30-11-6-7-19-15-32(28(39)31-27(19)38)26-14-20(33)23(48-26)16-47-52(43,44)50-53(45,46)49-51(40,41)42/h6-7,15,20-23,26,33-35H,2-5,8-14,16-18H2,1H3,(H,29,36)(H,30,37)(H,43,44)(H,45,46)(H,31,38,39)(H2,40,41,42)/b7-6+/t20-,21?,22?,23-,26-/m1/s1. The Bertz CT molecular complexity index is 1700. The molecule has 0 saturated carbocycles. The van der Waals surface area contributed by atoms with Crippen molar-refractivity contribution in [3.8, 4) is 0 Å². The first-order chi connectivity index (χ1) is 26.2. The third kappa shape index (κ3) is 21.1. The van der Waals surface area contributed by atoms with E-state index in [9.17, 15) is 58.0 Å². The molecule has 0 spiro atoms. The quantitative estimate of drug-likeness (QED) is 0.0318. The third-order valence-corrected chi connectivity index (χ3v) is 14.7. The number of amides is 2. The zero-order valence-corrected chi connectivity index (χ0v) is 35.3. The molecule has 7 atom stereocenters. The molecule has 2 rings (SSSR count). The van der Waals surface area contributed by atoms with Crippen LogP contribution in [0.15, 0.2) is 21.9 Å². The summed E-state index contributed by atoms with van der Waals surface area (Å²) in [5.41, 5.74) is -1.76. The summed E-state index contributed by atoms with van der Waals surface area (Å²) in [7, 11) is -14.2. The monoisotopic (exact) mass is 918 g/mol. The second-order valence-corrected chi connectivity index (χ2v) is 20.2. The molecule has 1 saturated heterocycles. The van der Waals surface area contributed by atoms with E-state index in [0.29, 0.717) is 24.5 Å². The molecule has 1 aromatic heterocycles. The van der Waals surface area contributed by atoms with Gasteiger partial charge in [-0.15, -0.1) is 0 Å². The molecule has 28 heteroatoms. The maximum atomic E-state index is 12.5. The van der Waals surface area contributed by atoms with E-state index in [2.05, 4.69) is 35.7 Å². The number of hydrogen-bond acceptors (Lipinski definition) is 17. The fourth-order valence-corrected chi connectivity index (χ4v) is 10.7. The summed E-state index contributed by atoms with van der Waals surface area (Å²) < 4.78 is 52.4. The van der Waals surface area contributed by atoms with Crippen molar-refractivity contribution in [3.63, 3.8) is 0 Å². The van der Waals surface area contributed by atoms with Gasteiger partial charge in [-0.3, -0.25) is 28.5 Å². The molecule has 56 heavy (non-hydrogen) atoms. The van der Waals surface area contributed by atoms with Gasteiger partial charge in [-0.2, -0.15) is 20.4 Å². The highest BCUT2D eigenvalue weighted by Gasteiger charge is 2.43. The Morgan fingerprint density at radius 2 is 1.68 bits per heavy atom. The Kier molecular flexibility index (Phi) is 23.0. The van der Waals surface area contributed by atoms with Crippen LogP contribution in [-0.4, -0.2) is 123 Å². The fourth-order valence-electron chi connectivity index (χ4n) is 4.51. The molecule has 1 aliphatic heterocycles. The molecule has 2 amide bonds. The van der Waals surface area contributed by atoms with E-state index < -0.39 is 72.0 Å². The van der Waals surface area contributed by atoms with Crippen molar-refractivity contribution in [2.24, 2.45) is 0 Å². The van der Waals surface area contributed by atoms with Gasteiger partial charge in [-0.25, -0.2) is 18.5 Å². The van der Waals surface area contributed by atoms with Crippen molar-refractivity contribution in [1.29, 1.82) is 0 Å². The number of nitrogens with zero attached hydrogens (tertiary/aromatic N) is 1. The number of aliphatic hydroxyl groups is 3. The number of phosphoric ester groups is 1. The first kappa shape index (κ1) is 50.8. The number of phosphoric acid groups is 3. The van der Waals surface area contributed by atoms with Crippen LogP contribution in [-0.2, 0) is 41.2 Å². The molecule has 322 valence electrons. The topological polar surface area (TPSA) is 343 Å². The van der Waals surface area contributed by atoms with E-state index in [1.54, 1.807) is 0 Å². The SMILES string of the molecule is CCCCNC(=O)CCCCSCC(O)C(O)CSSCCC(=O)NC/C=C/c1cn([C@H]2C[C@@H](O)[C@@H](COP(=O)(O)OP(=O)(O)OP(=O)(O)O)O2)c(=O)[nH]c1=O. The van der Waals surface area contributed by atoms with Crippen LogP contribution in [0.5, 0.6) is 0 Å². The molecular formula is C28H49N4O18P3S3. The number of aliphatic hydroxyl groups excluding tert-OH is 3. The second kappa shape index (κ2) is 25.3. The van der Waals surface area contributed by atoms with E-state index in [-0.39, 0.29) is 42.5 Å².